The molecule has 0 aliphatic carbocycles. The number of thiophene rings is 1. The van der Waals surface area contributed by atoms with Gasteiger partial charge in [-0.2, -0.15) is 0 Å². The van der Waals surface area contributed by atoms with Crippen molar-refractivity contribution >= 4 is 27.3 Å². The molecule has 1 atom stereocenters. The Bertz CT molecular complexity index is 533. The van der Waals surface area contributed by atoms with Crippen molar-refractivity contribution in [2.75, 3.05) is 7.05 Å². The van der Waals surface area contributed by atoms with Gasteiger partial charge in [-0.15, -0.1) is 11.3 Å². The molecule has 0 fully saturated rings. The second-order valence-electron chi connectivity index (χ2n) is 4.36. The normalized spacial score (nSPS) is 12.7. The summed E-state index contributed by atoms with van der Waals surface area (Å²) in [6, 6.07) is 11.2. The van der Waals surface area contributed by atoms with Crippen LogP contribution < -0.4 is 5.32 Å². The van der Waals surface area contributed by atoms with E-state index in [-0.39, 0.29) is 6.04 Å². The van der Waals surface area contributed by atoms with Crippen LogP contribution in [0, 0.1) is 6.92 Å². The summed E-state index contributed by atoms with van der Waals surface area (Å²) in [6.45, 7) is 4.33. The van der Waals surface area contributed by atoms with Gasteiger partial charge < -0.3 is 5.32 Å². The SMILES string of the molecule is CCc1ccc(C(NC)c2cccc(C)c2Br)s1. The first-order valence-electron chi connectivity index (χ1n) is 6.18. The van der Waals surface area contributed by atoms with Crippen molar-refractivity contribution in [1.82, 2.24) is 5.32 Å². The number of hydrogen-bond acceptors (Lipinski definition) is 2. The highest BCUT2D eigenvalue weighted by molar-refractivity contribution is 9.10. The van der Waals surface area contributed by atoms with E-state index < -0.39 is 0 Å². The maximum absolute atomic E-state index is 3.71. The van der Waals surface area contributed by atoms with Crippen molar-refractivity contribution < 1.29 is 0 Å². The molecule has 96 valence electrons. The van der Waals surface area contributed by atoms with Crippen LogP contribution in [0.5, 0.6) is 0 Å². The molecule has 18 heavy (non-hydrogen) atoms. The number of nitrogens with one attached hydrogen (secondary N) is 1. The lowest BCUT2D eigenvalue weighted by molar-refractivity contribution is 0.700. The molecule has 1 unspecified atom stereocenters. The molecule has 1 N–H and O–H groups in total. The van der Waals surface area contributed by atoms with Crippen molar-refractivity contribution in [3.05, 3.63) is 55.7 Å². The minimum absolute atomic E-state index is 0.268. The molecular weight excluding hydrogens is 306 g/mol. The van der Waals surface area contributed by atoms with Crippen molar-refractivity contribution in [1.29, 1.82) is 0 Å². The molecule has 1 nitrogen and oxygen atoms in total. The van der Waals surface area contributed by atoms with Gasteiger partial charge in [0.05, 0.1) is 6.04 Å². The van der Waals surface area contributed by atoms with E-state index in [1.807, 2.05) is 18.4 Å². The Morgan fingerprint density at radius 3 is 2.67 bits per heavy atom. The number of aryl methyl sites for hydroxylation is 2. The molecule has 0 saturated heterocycles. The second-order valence-corrected chi connectivity index (χ2v) is 6.35. The van der Waals surface area contributed by atoms with E-state index in [4.69, 9.17) is 0 Å². The smallest absolute Gasteiger partial charge is 0.0679 e. The fourth-order valence-electron chi connectivity index (χ4n) is 2.08. The number of benzene rings is 1. The quantitative estimate of drug-likeness (QED) is 0.860. The predicted molar refractivity (Wildman–Crippen MR) is 83.5 cm³/mol. The van der Waals surface area contributed by atoms with Crippen LogP contribution in [0.3, 0.4) is 0 Å². The Morgan fingerprint density at radius 2 is 2.06 bits per heavy atom. The van der Waals surface area contributed by atoms with Crippen LogP contribution in [0.4, 0.5) is 0 Å². The summed E-state index contributed by atoms with van der Waals surface area (Å²) in [5.41, 5.74) is 2.59. The zero-order chi connectivity index (χ0) is 13.1. The van der Waals surface area contributed by atoms with Gasteiger partial charge in [0.25, 0.3) is 0 Å². The highest BCUT2D eigenvalue weighted by Crippen LogP contribution is 2.33. The lowest BCUT2D eigenvalue weighted by Crippen LogP contribution is -2.17. The Kier molecular flexibility index (Phi) is 4.60. The monoisotopic (exact) mass is 323 g/mol. The summed E-state index contributed by atoms with van der Waals surface area (Å²) in [4.78, 5) is 2.81. The first-order valence-corrected chi connectivity index (χ1v) is 7.79. The van der Waals surface area contributed by atoms with Crippen molar-refractivity contribution in [3.8, 4) is 0 Å². The molecule has 0 saturated carbocycles. The first kappa shape index (κ1) is 13.8. The van der Waals surface area contributed by atoms with E-state index in [0.29, 0.717) is 0 Å². The molecule has 0 bridgehead atoms. The van der Waals surface area contributed by atoms with Crippen molar-refractivity contribution in [2.24, 2.45) is 0 Å². The molecule has 0 radical (unpaired) electrons. The van der Waals surface area contributed by atoms with Crippen molar-refractivity contribution in [3.63, 3.8) is 0 Å². The van der Waals surface area contributed by atoms with Gasteiger partial charge in [-0.25, -0.2) is 0 Å². The summed E-state index contributed by atoms with van der Waals surface area (Å²) in [6.07, 6.45) is 1.11. The first-order chi connectivity index (χ1) is 8.67. The molecule has 1 aromatic carbocycles. The van der Waals surface area contributed by atoms with Crippen LogP contribution in [0.15, 0.2) is 34.8 Å². The van der Waals surface area contributed by atoms with E-state index >= 15 is 0 Å². The largest absolute Gasteiger partial charge is 0.309 e. The van der Waals surface area contributed by atoms with Gasteiger partial charge >= 0.3 is 0 Å². The standard InChI is InChI=1S/C15H18BrNS/c1-4-11-8-9-13(18-11)15(17-3)12-7-5-6-10(2)14(12)16/h5-9,15,17H,4H2,1-3H3. The van der Waals surface area contributed by atoms with Gasteiger partial charge in [0.1, 0.15) is 0 Å². The summed E-state index contributed by atoms with van der Waals surface area (Å²) >= 11 is 5.60. The molecule has 2 rings (SSSR count). The Labute approximate surface area is 121 Å². The summed E-state index contributed by atoms with van der Waals surface area (Å²) in [7, 11) is 2.02. The molecule has 3 heteroatoms. The molecular formula is C15H18BrNS. The lowest BCUT2D eigenvalue weighted by Gasteiger charge is -2.18. The fraction of sp³-hybridized carbons (Fsp3) is 0.333. The van der Waals surface area contributed by atoms with Gasteiger partial charge in [0.2, 0.25) is 0 Å². The highest BCUT2D eigenvalue weighted by Gasteiger charge is 2.17. The van der Waals surface area contributed by atoms with E-state index in [9.17, 15) is 0 Å². The van der Waals surface area contributed by atoms with Crippen molar-refractivity contribution in [2.45, 2.75) is 26.3 Å². The topological polar surface area (TPSA) is 12.0 Å². The molecule has 1 aromatic heterocycles. The van der Waals surface area contributed by atoms with Crippen LogP contribution in [0.2, 0.25) is 0 Å². The number of halogens is 1. The number of hydrogen-bond donors (Lipinski definition) is 1. The third kappa shape index (κ3) is 2.68. The maximum atomic E-state index is 3.71. The summed E-state index contributed by atoms with van der Waals surface area (Å²) in [5.74, 6) is 0. The lowest BCUT2D eigenvalue weighted by atomic mass is 10.0. The minimum Gasteiger partial charge on any atom is -0.309 e. The van der Waals surface area contributed by atoms with Crippen LogP contribution >= 0.6 is 27.3 Å². The fourth-order valence-corrected chi connectivity index (χ4v) is 3.66. The van der Waals surface area contributed by atoms with E-state index in [1.165, 1.54) is 25.4 Å². The van der Waals surface area contributed by atoms with Gasteiger partial charge in [-0.1, -0.05) is 41.1 Å². The van der Waals surface area contributed by atoms with Crippen LogP contribution in [0.25, 0.3) is 0 Å². The number of rotatable bonds is 4. The van der Waals surface area contributed by atoms with E-state index in [2.05, 4.69) is 65.4 Å². The molecule has 0 aliphatic rings. The summed E-state index contributed by atoms with van der Waals surface area (Å²) < 4.78 is 1.20. The Hall–Kier alpha value is -0.640. The molecule has 0 amide bonds. The molecule has 2 aromatic rings. The molecule has 1 heterocycles. The zero-order valence-corrected chi connectivity index (χ0v) is 13.4. The maximum Gasteiger partial charge on any atom is 0.0679 e. The van der Waals surface area contributed by atoms with Gasteiger partial charge in [0, 0.05) is 14.2 Å². The zero-order valence-electron chi connectivity index (χ0n) is 11.0. The third-order valence-electron chi connectivity index (χ3n) is 3.14. The molecule has 0 spiro atoms. The van der Waals surface area contributed by atoms with E-state index in [0.717, 1.165) is 6.42 Å². The van der Waals surface area contributed by atoms with Gasteiger partial charge in [-0.3, -0.25) is 0 Å². The van der Waals surface area contributed by atoms with Gasteiger partial charge in [-0.05, 0) is 43.7 Å². The Balaban J connectivity index is 2.41. The molecule has 0 aliphatic heterocycles. The average Bonchev–Trinajstić information content (AvgIpc) is 2.84. The minimum atomic E-state index is 0.268. The van der Waals surface area contributed by atoms with Gasteiger partial charge in [0.15, 0.2) is 0 Å². The third-order valence-corrected chi connectivity index (χ3v) is 5.51. The average molecular weight is 324 g/mol. The van der Waals surface area contributed by atoms with Crippen LogP contribution in [-0.4, -0.2) is 7.05 Å². The second kappa shape index (κ2) is 6.00. The van der Waals surface area contributed by atoms with E-state index in [1.54, 1.807) is 0 Å². The van der Waals surface area contributed by atoms with Crippen LogP contribution in [0.1, 0.15) is 33.8 Å². The highest BCUT2D eigenvalue weighted by atomic mass is 79.9. The van der Waals surface area contributed by atoms with Crippen LogP contribution in [-0.2, 0) is 6.42 Å². The predicted octanol–water partition coefficient (Wildman–Crippen LogP) is 4.69. The summed E-state index contributed by atoms with van der Waals surface area (Å²) in [5, 5.41) is 3.42. The Morgan fingerprint density at radius 1 is 1.28 bits per heavy atom.